The number of nitrogens with zero attached hydrogens (tertiary/aromatic N) is 3. The molecule has 6 nitrogen and oxygen atoms in total. The molecule has 0 bridgehead atoms. The van der Waals surface area contributed by atoms with Crippen LogP contribution in [0.2, 0.25) is 0 Å². The SMILES string of the molecule is Cc1ccc2oc(N3CCN(C(=O)CC(C)N)CC3)nc2c1.Cl.Cl. The maximum absolute atomic E-state index is 12.0. The average molecular weight is 375 g/mol. The third kappa shape index (κ3) is 4.53. The number of piperazine rings is 1. The van der Waals surface area contributed by atoms with E-state index in [0.29, 0.717) is 25.5 Å². The van der Waals surface area contributed by atoms with Crippen molar-refractivity contribution in [3.8, 4) is 0 Å². The van der Waals surface area contributed by atoms with Crippen molar-refractivity contribution in [1.82, 2.24) is 9.88 Å². The number of halogens is 2. The van der Waals surface area contributed by atoms with Crippen molar-refractivity contribution in [2.75, 3.05) is 31.1 Å². The standard InChI is InChI=1S/C16H22N4O2.2ClH/c1-11-3-4-14-13(9-11)18-16(22-14)20-7-5-19(6-8-20)15(21)10-12(2)17;;/h3-4,9,12H,5-8,10,17H2,1-2H3;2*1H. The number of fused-ring (bicyclic) bond motifs is 1. The van der Waals surface area contributed by atoms with Gasteiger partial charge in [0.2, 0.25) is 5.91 Å². The summed E-state index contributed by atoms with van der Waals surface area (Å²) in [6.45, 7) is 6.73. The van der Waals surface area contributed by atoms with E-state index in [0.717, 1.165) is 24.2 Å². The molecule has 1 atom stereocenters. The van der Waals surface area contributed by atoms with E-state index in [-0.39, 0.29) is 36.8 Å². The highest BCUT2D eigenvalue weighted by Gasteiger charge is 2.24. The highest BCUT2D eigenvalue weighted by Crippen LogP contribution is 2.23. The molecule has 1 unspecified atom stereocenters. The lowest BCUT2D eigenvalue weighted by Crippen LogP contribution is -2.49. The Balaban J connectivity index is 0.00000144. The quantitative estimate of drug-likeness (QED) is 0.892. The van der Waals surface area contributed by atoms with Gasteiger partial charge < -0.3 is 20.0 Å². The first-order chi connectivity index (χ1) is 10.5. The van der Waals surface area contributed by atoms with Gasteiger partial charge in [0.1, 0.15) is 5.52 Å². The Labute approximate surface area is 154 Å². The Kier molecular flexibility index (Phi) is 7.32. The van der Waals surface area contributed by atoms with Gasteiger partial charge in [-0.25, -0.2) is 0 Å². The lowest BCUT2D eigenvalue weighted by atomic mass is 10.2. The fourth-order valence-corrected chi connectivity index (χ4v) is 2.71. The lowest BCUT2D eigenvalue weighted by Gasteiger charge is -2.34. The highest BCUT2D eigenvalue weighted by atomic mass is 35.5. The van der Waals surface area contributed by atoms with Crippen LogP contribution in [0.25, 0.3) is 11.1 Å². The summed E-state index contributed by atoms with van der Waals surface area (Å²) in [5.74, 6) is 0.128. The number of oxazole rings is 1. The molecule has 1 amide bonds. The predicted octanol–water partition coefficient (Wildman–Crippen LogP) is 2.37. The Morgan fingerprint density at radius 2 is 1.96 bits per heavy atom. The molecule has 1 aromatic carbocycles. The molecule has 8 heteroatoms. The highest BCUT2D eigenvalue weighted by molar-refractivity contribution is 5.85. The Morgan fingerprint density at radius 3 is 2.58 bits per heavy atom. The molecule has 2 N–H and O–H groups in total. The molecule has 1 aliphatic rings. The number of hydrogen-bond acceptors (Lipinski definition) is 5. The molecule has 0 saturated carbocycles. The average Bonchev–Trinajstić information content (AvgIpc) is 2.89. The van der Waals surface area contributed by atoms with Crippen LogP contribution in [0.15, 0.2) is 22.6 Å². The molecule has 0 radical (unpaired) electrons. The van der Waals surface area contributed by atoms with E-state index < -0.39 is 0 Å². The molecule has 1 saturated heterocycles. The lowest BCUT2D eigenvalue weighted by molar-refractivity contribution is -0.131. The third-order valence-electron chi connectivity index (χ3n) is 3.93. The summed E-state index contributed by atoms with van der Waals surface area (Å²) < 4.78 is 5.81. The molecule has 2 heterocycles. The number of anilines is 1. The van der Waals surface area contributed by atoms with Crippen molar-refractivity contribution in [2.45, 2.75) is 26.3 Å². The van der Waals surface area contributed by atoms with Crippen LogP contribution < -0.4 is 10.6 Å². The number of aryl methyl sites for hydroxylation is 1. The predicted molar refractivity (Wildman–Crippen MR) is 100 cm³/mol. The van der Waals surface area contributed by atoms with E-state index >= 15 is 0 Å². The van der Waals surface area contributed by atoms with Crippen molar-refractivity contribution in [3.05, 3.63) is 23.8 Å². The molecule has 0 spiro atoms. The summed E-state index contributed by atoms with van der Waals surface area (Å²) in [6.07, 6.45) is 0.405. The molecule has 1 aromatic heterocycles. The third-order valence-corrected chi connectivity index (χ3v) is 3.93. The first-order valence-electron chi connectivity index (χ1n) is 7.68. The van der Waals surface area contributed by atoms with Crippen LogP contribution in [0.5, 0.6) is 0 Å². The maximum Gasteiger partial charge on any atom is 0.298 e. The van der Waals surface area contributed by atoms with Crippen LogP contribution in [0.3, 0.4) is 0 Å². The number of amides is 1. The minimum atomic E-state index is -0.0918. The van der Waals surface area contributed by atoms with Gasteiger partial charge in [-0.1, -0.05) is 6.07 Å². The number of carbonyl (C=O) groups is 1. The molecule has 0 aliphatic carbocycles. The second-order valence-corrected chi connectivity index (χ2v) is 6.02. The Bertz CT molecular complexity index is 682. The van der Waals surface area contributed by atoms with Gasteiger partial charge in [0.25, 0.3) is 6.01 Å². The molecule has 134 valence electrons. The van der Waals surface area contributed by atoms with E-state index in [1.165, 1.54) is 5.56 Å². The van der Waals surface area contributed by atoms with Gasteiger partial charge in [0.15, 0.2) is 5.58 Å². The van der Waals surface area contributed by atoms with Crippen molar-refractivity contribution in [1.29, 1.82) is 0 Å². The number of benzene rings is 1. The van der Waals surface area contributed by atoms with E-state index in [1.807, 2.05) is 36.9 Å². The van der Waals surface area contributed by atoms with Crippen LogP contribution in [-0.4, -0.2) is 48.0 Å². The minimum absolute atomic E-state index is 0. The molecular formula is C16H24Cl2N4O2. The molecule has 1 fully saturated rings. The van der Waals surface area contributed by atoms with Crippen LogP contribution in [-0.2, 0) is 4.79 Å². The molecule has 1 aliphatic heterocycles. The first-order valence-corrected chi connectivity index (χ1v) is 7.68. The number of rotatable bonds is 3. The van der Waals surface area contributed by atoms with E-state index in [2.05, 4.69) is 9.88 Å². The normalized spacial score (nSPS) is 15.6. The smallest absolute Gasteiger partial charge is 0.298 e. The fraction of sp³-hybridized carbons (Fsp3) is 0.500. The summed E-state index contributed by atoms with van der Waals surface area (Å²) in [5.41, 5.74) is 8.54. The fourth-order valence-electron chi connectivity index (χ4n) is 2.71. The second-order valence-electron chi connectivity index (χ2n) is 6.02. The summed E-state index contributed by atoms with van der Waals surface area (Å²) in [5, 5.41) is 0. The summed E-state index contributed by atoms with van der Waals surface area (Å²) in [6, 6.07) is 6.53. The molecule has 2 aromatic rings. The van der Waals surface area contributed by atoms with Crippen LogP contribution in [0, 0.1) is 6.92 Å². The van der Waals surface area contributed by atoms with Gasteiger partial charge in [0, 0.05) is 38.6 Å². The van der Waals surface area contributed by atoms with Gasteiger partial charge in [-0.15, -0.1) is 24.8 Å². The molecular weight excluding hydrogens is 351 g/mol. The van der Waals surface area contributed by atoms with Gasteiger partial charge in [-0.2, -0.15) is 4.98 Å². The van der Waals surface area contributed by atoms with E-state index in [4.69, 9.17) is 10.2 Å². The number of hydrogen-bond donors (Lipinski definition) is 1. The number of carbonyl (C=O) groups excluding carboxylic acids is 1. The summed E-state index contributed by atoms with van der Waals surface area (Å²) in [4.78, 5) is 20.5. The Morgan fingerprint density at radius 1 is 1.29 bits per heavy atom. The zero-order valence-corrected chi connectivity index (χ0v) is 15.5. The zero-order valence-electron chi connectivity index (χ0n) is 13.9. The topological polar surface area (TPSA) is 75.6 Å². The van der Waals surface area contributed by atoms with Gasteiger partial charge >= 0.3 is 0 Å². The monoisotopic (exact) mass is 374 g/mol. The van der Waals surface area contributed by atoms with E-state index in [9.17, 15) is 4.79 Å². The van der Waals surface area contributed by atoms with Gasteiger partial charge in [-0.05, 0) is 31.5 Å². The Hall–Kier alpha value is -1.50. The molecule has 24 heavy (non-hydrogen) atoms. The van der Waals surface area contributed by atoms with Crippen LogP contribution >= 0.6 is 24.8 Å². The minimum Gasteiger partial charge on any atom is -0.423 e. The van der Waals surface area contributed by atoms with Crippen LogP contribution in [0.4, 0.5) is 6.01 Å². The van der Waals surface area contributed by atoms with Gasteiger partial charge in [0.05, 0.1) is 0 Å². The first kappa shape index (κ1) is 20.5. The van der Waals surface area contributed by atoms with Gasteiger partial charge in [-0.3, -0.25) is 4.79 Å². The van der Waals surface area contributed by atoms with Crippen molar-refractivity contribution < 1.29 is 9.21 Å². The summed E-state index contributed by atoms with van der Waals surface area (Å²) in [7, 11) is 0. The largest absolute Gasteiger partial charge is 0.423 e. The second kappa shape index (κ2) is 8.55. The molecule has 3 rings (SSSR count). The van der Waals surface area contributed by atoms with Crippen molar-refractivity contribution in [2.24, 2.45) is 5.73 Å². The van der Waals surface area contributed by atoms with Crippen molar-refractivity contribution >= 4 is 47.8 Å². The maximum atomic E-state index is 12.0. The summed E-state index contributed by atoms with van der Waals surface area (Å²) >= 11 is 0. The zero-order chi connectivity index (χ0) is 15.7. The van der Waals surface area contributed by atoms with E-state index in [1.54, 1.807) is 0 Å². The number of aromatic nitrogens is 1. The van der Waals surface area contributed by atoms with Crippen LogP contribution in [0.1, 0.15) is 18.9 Å². The number of nitrogens with two attached hydrogens (primary N) is 1. The van der Waals surface area contributed by atoms with Crippen molar-refractivity contribution in [3.63, 3.8) is 0 Å².